The lowest BCUT2D eigenvalue weighted by Gasteiger charge is -2.18. The summed E-state index contributed by atoms with van der Waals surface area (Å²) in [6.07, 6.45) is 1.63. The molecule has 4 nitrogen and oxygen atoms in total. The highest BCUT2D eigenvalue weighted by Crippen LogP contribution is 2.20. The molecular formula is C15H20FN3O. The zero-order valence-corrected chi connectivity index (χ0v) is 12.1. The predicted octanol–water partition coefficient (Wildman–Crippen LogP) is 2.87. The molecule has 2 aromatic heterocycles. The number of furan rings is 1. The lowest BCUT2D eigenvalue weighted by molar-refractivity contribution is 0.479. The van der Waals surface area contributed by atoms with Gasteiger partial charge in [-0.05, 0) is 31.7 Å². The van der Waals surface area contributed by atoms with Gasteiger partial charge in [0.2, 0.25) is 0 Å². The van der Waals surface area contributed by atoms with Gasteiger partial charge in [-0.25, -0.2) is 9.37 Å². The minimum Gasteiger partial charge on any atom is -0.464 e. The molecule has 0 spiro atoms. The summed E-state index contributed by atoms with van der Waals surface area (Å²) in [6.45, 7) is 5.68. The molecular weight excluding hydrogens is 257 g/mol. The van der Waals surface area contributed by atoms with Gasteiger partial charge in [-0.2, -0.15) is 0 Å². The first-order chi connectivity index (χ1) is 9.61. The van der Waals surface area contributed by atoms with Gasteiger partial charge in [0.25, 0.3) is 0 Å². The van der Waals surface area contributed by atoms with E-state index in [0.29, 0.717) is 24.5 Å². The monoisotopic (exact) mass is 277 g/mol. The standard InChI is InChI=1S/C15H20FN3O/c1-4-17-9-12-7-8-18-15(14(12)16)19(3)10-13-6-5-11(2)20-13/h5-8,17H,4,9-10H2,1-3H3. The first kappa shape index (κ1) is 14.5. The number of halogens is 1. The lowest BCUT2D eigenvalue weighted by atomic mass is 10.2. The Morgan fingerprint density at radius 3 is 2.80 bits per heavy atom. The average Bonchev–Trinajstić information content (AvgIpc) is 2.83. The summed E-state index contributed by atoms with van der Waals surface area (Å²) >= 11 is 0. The predicted molar refractivity (Wildman–Crippen MR) is 77.1 cm³/mol. The molecule has 0 aromatic carbocycles. The molecule has 0 aliphatic carbocycles. The number of hydrogen-bond acceptors (Lipinski definition) is 4. The van der Waals surface area contributed by atoms with Gasteiger partial charge in [0.05, 0.1) is 6.54 Å². The van der Waals surface area contributed by atoms with Crippen molar-refractivity contribution in [3.8, 4) is 0 Å². The van der Waals surface area contributed by atoms with E-state index in [2.05, 4.69) is 10.3 Å². The van der Waals surface area contributed by atoms with E-state index < -0.39 is 0 Å². The van der Waals surface area contributed by atoms with Crippen molar-refractivity contribution in [2.75, 3.05) is 18.5 Å². The summed E-state index contributed by atoms with van der Waals surface area (Å²) in [5.41, 5.74) is 0.624. The van der Waals surface area contributed by atoms with Crippen LogP contribution < -0.4 is 10.2 Å². The Bertz CT molecular complexity index is 568. The first-order valence-corrected chi connectivity index (χ1v) is 6.72. The van der Waals surface area contributed by atoms with Crippen molar-refractivity contribution in [2.45, 2.75) is 26.9 Å². The summed E-state index contributed by atoms with van der Waals surface area (Å²) in [7, 11) is 1.81. The van der Waals surface area contributed by atoms with E-state index in [9.17, 15) is 4.39 Å². The van der Waals surface area contributed by atoms with Gasteiger partial charge < -0.3 is 14.6 Å². The molecule has 20 heavy (non-hydrogen) atoms. The third-order valence-corrected chi connectivity index (χ3v) is 3.07. The van der Waals surface area contributed by atoms with Crippen LogP contribution >= 0.6 is 0 Å². The average molecular weight is 277 g/mol. The maximum atomic E-state index is 14.4. The van der Waals surface area contributed by atoms with Crippen molar-refractivity contribution < 1.29 is 8.81 Å². The quantitative estimate of drug-likeness (QED) is 0.881. The van der Waals surface area contributed by atoms with Crippen LogP contribution in [0.15, 0.2) is 28.8 Å². The topological polar surface area (TPSA) is 41.3 Å². The molecule has 5 heteroatoms. The van der Waals surface area contributed by atoms with Crippen LogP contribution in [0.4, 0.5) is 10.2 Å². The van der Waals surface area contributed by atoms with E-state index in [1.165, 1.54) is 0 Å². The molecule has 0 aliphatic rings. The summed E-state index contributed by atoms with van der Waals surface area (Å²) in [4.78, 5) is 5.88. The van der Waals surface area contributed by atoms with Crippen LogP contribution in [0, 0.1) is 12.7 Å². The lowest BCUT2D eigenvalue weighted by Crippen LogP contribution is -2.21. The van der Waals surface area contributed by atoms with E-state index in [1.807, 2.05) is 26.0 Å². The van der Waals surface area contributed by atoms with E-state index >= 15 is 0 Å². The number of aromatic nitrogens is 1. The minimum atomic E-state index is -0.278. The molecule has 108 valence electrons. The molecule has 0 radical (unpaired) electrons. The Kier molecular flexibility index (Phi) is 4.74. The summed E-state index contributed by atoms with van der Waals surface area (Å²) in [5, 5.41) is 3.12. The highest BCUT2D eigenvalue weighted by molar-refractivity contribution is 5.42. The molecule has 0 unspecified atom stereocenters. The number of nitrogens with one attached hydrogen (secondary N) is 1. The fraction of sp³-hybridized carbons (Fsp3) is 0.400. The van der Waals surface area contributed by atoms with E-state index in [0.717, 1.165) is 18.1 Å². The van der Waals surface area contributed by atoms with E-state index in [1.54, 1.807) is 24.2 Å². The Hall–Kier alpha value is -1.88. The maximum Gasteiger partial charge on any atom is 0.170 e. The molecule has 0 atom stereocenters. The van der Waals surface area contributed by atoms with E-state index in [4.69, 9.17) is 4.42 Å². The van der Waals surface area contributed by atoms with Crippen LogP contribution in [0.25, 0.3) is 0 Å². The maximum absolute atomic E-state index is 14.4. The molecule has 2 heterocycles. The van der Waals surface area contributed by atoms with Gasteiger partial charge in [-0.1, -0.05) is 6.92 Å². The summed E-state index contributed by atoms with van der Waals surface area (Å²) in [6, 6.07) is 5.49. The Morgan fingerprint density at radius 1 is 1.35 bits per heavy atom. The smallest absolute Gasteiger partial charge is 0.170 e. The van der Waals surface area contributed by atoms with Crippen molar-refractivity contribution in [3.63, 3.8) is 0 Å². The highest BCUT2D eigenvalue weighted by Gasteiger charge is 2.14. The van der Waals surface area contributed by atoms with E-state index in [-0.39, 0.29) is 5.82 Å². The molecule has 1 N–H and O–H groups in total. The van der Waals surface area contributed by atoms with Gasteiger partial charge in [0.15, 0.2) is 11.6 Å². The third kappa shape index (κ3) is 3.36. The fourth-order valence-electron chi connectivity index (χ4n) is 2.01. The Labute approximate surface area is 118 Å². The van der Waals surface area contributed by atoms with Crippen molar-refractivity contribution in [3.05, 3.63) is 47.3 Å². The first-order valence-electron chi connectivity index (χ1n) is 6.72. The molecule has 0 saturated heterocycles. The van der Waals surface area contributed by atoms with Crippen LogP contribution in [0.2, 0.25) is 0 Å². The van der Waals surface area contributed by atoms with Crippen molar-refractivity contribution >= 4 is 5.82 Å². The normalized spacial score (nSPS) is 10.8. The van der Waals surface area contributed by atoms with Gasteiger partial charge in [0, 0.05) is 25.4 Å². The fourth-order valence-corrected chi connectivity index (χ4v) is 2.01. The number of aryl methyl sites for hydroxylation is 1. The zero-order chi connectivity index (χ0) is 14.5. The second kappa shape index (κ2) is 6.52. The second-order valence-electron chi connectivity index (χ2n) is 4.76. The van der Waals surface area contributed by atoms with Gasteiger partial charge in [-0.15, -0.1) is 0 Å². The van der Waals surface area contributed by atoms with Crippen molar-refractivity contribution in [1.29, 1.82) is 0 Å². The van der Waals surface area contributed by atoms with Crippen LogP contribution in [0.3, 0.4) is 0 Å². The number of pyridine rings is 1. The third-order valence-electron chi connectivity index (χ3n) is 3.07. The molecule has 0 aliphatic heterocycles. The van der Waals surface area contributed by atoms with Gasteiger partial charge >= 0.3 is 0 Å². The number of hydrogen-bond donors (Lipinski definition) is 1. The molecule has 2 rings (SSSR count). The van der Waals surface area contributed by atoms with Crippen molar-refractivity contribution in [2.24, 2.45) is 0 Å². The van der Waals surface area contributed by atoms with Crippen LogP contribution in [0.1, 0.15) is 24.0 Å². The van der Waals surface area contributed by atoms with Crippen molar-refractivity contribution in [1.82, 2.24) is 10.3 Å². The zero-order valence-electron chi connectivity index (χ0n) is 12.1. The number of nitrogens with zero attached hydrogens (tertiary/aromatic N) is 2. The summed E-state index contributed by atoms with van der Waals surface area (Å²) < 4.78 is 19.9. The highest BCUT2D eigenvalue weighted by atomic mass is 19.1. The minimum absolute atomic E-state index is 0.278. The molecule has 2 aromatic rings. The Balaban J connectivity index is 2.14. The summed E-state index contributed by atoms with van der Waals surface area (Å²) in [5.74, 6) is 1.71. The van der Waals surface area contributed by atoms with Gasteiger partial charge in [0.1, 0.15) is 11.5 Å². The van der Waals surface area contributed by atoms with Crippen LogP contribution in [-0.2, 0) is 13.1 Å². The second-order valence-corrected chi connectivity index (χ2v) is 4.76. The molecule has 0 amide bonds. The molecule has 0 bridgehead atoms. The molecule has 0 saturated carbocycles. The molecule has 0 fully saturated rings. The number of anilines is 1. The van der Waals surface area contributed by atoms with Gasteiger partial charge in [-0.3, -0.25) is 0 Å². The SMILES string of the molecule is CCNCc1ccnc(N(C)Cc2ccc(C)o2)c1F. The van der Waals surface area contributed by atoms with Crippen LogP contribution in [-0.4, -0.2) is 18.6 Å². The number of rotatable bonds is 6. The van der Waals surface area contributed by atoms with Crippen LogP contribution in [0.5, 0.6) is 0 Å². The Morgan fingerprint density at radius 2 is 2.15 bits per heavy atom. The largest absolute Gasteiger partial charge is 0.464 e.